The first kappa shape index (κ1) is 17.0. The number of halogens is 6. The van der Waals surface area contributed by atoms with Crippen LogP contribution in [0.25, 0.3) is 0 Å². The Labute approximate surface area is 125 Å². The van der Waals surface area contributed by atoms with Crippen molar-refractivity contribution in [3.05, 3.63) is 34.9 Å². The maximum absolute atomic E-state index is 12.7. The molecule has 0 aliphatic carbocycles. The summed E-state index contributed by atoms with van der Waals surface area (Å²) in [4.78, 5) is 11.8. The highest BCUT2D eigenvalue weighted by molar-refractivity contribution is 7.99. The second-order valence-electron chi connectivity index (χ2n) is 4.69. The van der Waals surface area contributed by atoms with Gasteiger partial charge in [0.15, 0.2) is 0 Å². The van der Waals surface area contributed by atoms with Gasteiger partial charge < -0.3 is 4.74 Å². The molecule has 0 N–H and O–H groups in total. The van der Waals surface area contributed by atoms with Gasteiger partial charge in [0.25, 0.3) is 0 Å². The van der Waals surface area contributed by atoms with Crippen LogP contribution in [-0.4, -0.2) is 23.6 Å². The highest BCUT2D eigenvalue weighted by Gasteiger charge is 2.38. The molecule has 1 aromatic carbocycles. The van der Waals surface area contributed by atoms with Crippen molar-refractivity contribution < 1.29 is 35.9 Å². The third-order valence-electron chi connectivity index (χ3n) is 2.98. The van der Waals surface area contributed by atoms with E-state index in [1.54, 1.807) is 0 Å². The number of rotatable bonds is 2. The molecule has 122 valence electrons. The first-order valence-corrected chi connectivity index (χ1v) is 7.31. The van der Waals surface area contributed by atoms with E-state index in [2.05, 4.69) is 0 Å². The number of alkyl halides is 6. The van der Waals surface area contributed by atoms with E-state index in [9.17, 15) is 31.1 Å². The number of hydrogen-bond donors (Lipinski definition) is 0. The second-order valence-corrected chi connectivity index (χ2v) is 5.84. The third kappa shape index (κ3) is 4.08. The topological polar surface area (TPSA) is 26.3 Å². The fraction of sp³-hybridized carbons (Fsp3) is 0.462. The Bertz CT molecular complexity index is 528. The van der Waals surface area contributed by atoms with Crippen molar-refractivity contribution in [2.24, 2.45) is 0 Å². The van der Waals surface area contributed by atoms with Crippen LogP contribution in [0, 0.1) is 0 Å². The minimum absolute atomic E-state index is 0.0256. The van der Waals surface area contributed by atoms with Crippen LogP contribution in [0.3, 0.4) is 0 Å². The molecule has 1 heterocycles. The van der Waals surface area contributed by atoms with Gasteiger partial charge in [-0.15, -0.1) is 0 Å². The molecule has 1 saturated heterocycles. The molecule has 1 fully saturated rings. The molecular formula is C13H10F6O2S. The molecule has 0 unspecified atom stereocenters. The second kappa shape index (κ2) is 6.02. The summed E-state index contributed by atoms with van der Waals surface area (Å²) in [6.45, 7) is 0. The Morgan fingerprint density at radius 1 is 1.05 bits per heavy atom. The van der Waals surface area contributed by atoms with Crippen molar-refractivity contribution in [2.45, 2.75) is 24.9 Å². The lowest BCUT2D eigenvalue weighted by atomic mass is 10.0. The Morgan fingerprint density at radius 3 is 2.00 bits per heavy atom. The highest BCUT2D eigenvalue weighted by atomic mass is 32.2. The Balaban J connectivity index is 2.34. The minimum Gasteiger partial charge on any atom is -0.458 e. The van der Waals surface area contributed by atoms with Crippen LogP contribution in [0.2, 0.25) is 0 Å². The molecule has 2 rings (SSSR count). The van der Waals surface area contributed by atoms with E-state index >= 15 is 0 Å². The van der Waals surface area contributed by atoms with E-state index in [1.807, 2.05) is 0 Å². The van der Waals surface area contributed by atoms with Crippen LogP contribution in [0.1, 0.15) is 27.9 Å². The maximum atomic E-state index is 12.7. The van der Waals surface area contributed by atoms with E-state index in [1.165, 1.54) is 11.8 Å². The first-order chi connectivity index (χ1) is 10.1. The average Bonchev–Trinajstić information content (AvgIpc) is 2.89. The van der Waals surface area contributed by atoms with Gasteiger partial charge in [0.05, 0.1) is 16.7 Å². The van der Waals surface area contributed by atoms with Crippen LogP contribution in [-0.2, 0) is 17.1 Å². The molecule has 0 saturated carbocycles. The van der Waals surface area contributed by atoms with Crippen molar-refractivity contribution in [1.29, 1.82) is 0 Å². The number of thioether (sulfide) groups is 1. The zero-order valence-electron chi connectivity index (χ0n) is 10.9. The standard InChI is InChI=1S/C13H10F6O2S/c14-12(15,16)8-3-7(4-9(5-8)13(17,18)19)11(20)21-10-1-2-22-6-10/h3-5,10H,1-2,6H2/t10-/m1/s1. The molecule has 9 heteroatoms. The number of carbonyl (C=O) groups excluding carboxylic acids is 1. The highest BCUT2D eigenvalue weighted by Crippen LogP contribution is 2.36. The molecule has 1 aliphatic rings. The lowest BCUT2D eigenvalue weighted by Crippen LogP contribution is -2.19. The minimum atomic E-state index is -4.99. The third-order valence-corrected chi connectivity index (χ3v) is 4.12. The van der Waals surface area contributed by atoms with Gasteiger partial charge in [-0.05, 0) is 30.4 Å². The van der Waals surface area contributed by atoms with E-state index in [0.717, 1.165) is 5.75 Å². The van der Waals surface area contributed by atoms with E-state index < -0.39 is 41.1 Å². The van der Waals surface area contributed by atoms with Gasteiger partial charge >= 0.3 is 18.3 Å². The van der Waals surface area contributed by atoms with Gasteiger partial charge in [-0.2, -0.15) is 38.1 Å². The number of ether oxygens (including phenoxy) is 1. The summed E-state index contributed by atoms with van der Waals surface area (Å²) in [5.41, 5.74) is -3.82. The van der Waals surface area contributed by atoms with Gasteiger partial charge in [-0.1, -0.05) is 0 Å². The van der Waals surface area contributed by atoms with Crippen molar-refractivity contribution in [1.82, 2.24) is 0 Å². The summed E-state index contributed by atoms with van der Waals surface area (Å²) in [6, 6.07) is 0.724. The fourth-order valence-electron chi connectivity index (χ4n) is 1.90. The smallest absolute Gasteiger partial charge is 0.416 e. The van der Waals surface area contributed by atoms with E-state index in [-0.39, 0.29) is 6.07 Å². The lowest BCUT2D eigenvalue weighted by molar-refractivity contribution is -0.143. The molecule has 22 heavy (non-hydrogen) atoms. The summed E-state index contributed by atoms with van der Waals surface area (Å²) >= 11 is 1.50. The maximum Gasteiger partial charge on any atom is 0.416 e. The largest absolute Gasteiger partial charge is 0.458 e. The van der Waals surface area contributed by atoms with Gasteiger partial charge in [0, 0.05) is 5.75 Å². The predicted octanol–water partition coefficient (Wildman–Crippen LogP) is 4.39. The normalized spacial score (nSPS) is 19.3. The van der Waals surface area contributed by atoms with Crippen LogP contribution in [0.15, 0.2) is 18.2 Å². The van der Waals surface area contributed by atoms with Crippen molar-refractivity contribution in [3.63, 3.8) is 0 Å². The number of carbonyl (C=O) groups is 1. The van der Waals surface area contributed by atoms with E-state index in [4.69, 9.17) is 4.74 Å². The zero-order valence-corrected chi connectivity index (χ0v) is 11.7. The summed E-state index contributed by atoms with van der Waals surface area (Å²) in [5, 5.41) is 0. The van der Waals surface area contributed by atoms with Gasteiger partial charge in [-0.25, -0.2) is 4.79 Å². The predicted molar refractivity (Wildman–Crippen MR) is 67.6 cm³/mol. The van der Waals surface area contributed by atoms with Crippen LogP contribution in [0.5, 0.6) is 0 Å². The Hall–Kier alpha value is -1.38. The Kier molecular flexibility index (Phi) is 4.65. The SMILES string of the molecule is O=C(O[C@@H]1CCSC1)c1cc(C(F)(F)F)cc(C(F)(F)F)c1. The summed E-state index contributed by atoms with van der Waals surface area (Å²) in [7, 11) is 0. The molecule has 0 amide bonds. The van der Waals surface area contributed by atoms with Crippen LogP contribution >= 0.6 is 11.8 Å². The van der Waals surface area contributed by atoms with Crippen molar-refractivity contribution in [2.75, 3.05) is 11.5 Å². The quantitative estimate of drug-likeness (QED) is 0.588. The van der Waals surface area contributed by atoms with Gasteiger partial charge in [0.1, 0.15) is 6.10 Å². The zero-order chi connectivity index (χ0) is 16.5. The molecule has 1 aliphatic heterocycles. The molecular weight excluding hydrogens is 334 g/mol. The lowest BCUT2D eigenvalue weighted by Gasteiger charge is -2.15. The molecule has 2 nitrogen and oxygen atoms in total. The van der Waals surface area contributed by atoms with Crippen molar-refractivity contribution >= 4 is 17.7 Å². The molecule has 0 radical (unpaired) electrons. The molecule has 1 atom stereocenters. The molecule has 1 aromatic rings. The van der Waals surface area contributed by atoms with Crippen LogP contribution in [0.4, 0.5) is 26.3 Å². The van der Waals surface area contributed by atoms with Gasteiger partial charge in [-0.3, -0.25) is 0 Å². The van der Waals surface area contributed by atoms with E-state index in [0.29, 0.717) is 24.3 Å². The molecule has 0 aromatic heterocycles. The number of hydrogen-bond acceptors (Lipinski definition) is 3. The number of esters is 1. The monoisotopic (exact) mass is 344 g/mol. The van der Waals surface area contributed by atoms with Crippen LogP contribution < -0.4 is 0 Å². The summed E-state index contributed by atoms with van der Waals surface area (Å²) in [5.74, 6) is 0.0367. The van der Waals surface area contributed by atoms with Gasteiger partial charge in [0.2, 0.25) is 0 Å². The summed E-state index contributed by atoms with van der Waals surface area (Å²) < 4.78 is 81.0. The molecule has 0 bridgehead atoms. The van der Waals surface area contributed by atoms with Crippen molar-refractivity contribution in [3.8, 4) is 0 Å². The molecule has 0 spiro atoms. The Morgan fingerprint density at radius 2 is 1.59 bits per heavy atom. The average molecular weight is 344 g/mol. The first-order valence-electron chi connectivity index (χ1n) is 6.15. The summed E-state index contributed by atoms with van der Waals surface area (Å²) in [6.07, 6.45) is -9.93. The number of benzene rings is 1. The fourth-order valence-corrected chi connectivity index (χ4v) is 2.99.